The van der Waals surface area contributed by atoms with E-state index >= 15 is 0 Å². The van der Waals surface area contributed by atoms with Crippen molar-refractivity contribution in [3.8, 4) is 5.75 Å². The maximum Gasteiger partial charge on any atom is 0.132 e. The molecule has 0 aliphatic heterocycles. The van der Waals surface area contributed by atoms with Crippen LogP contribution in [0.25, 0.3) is 10.9 Å². The number of aromatic amines is 1. The van der Waals surface area contributed by atoms with Crippen LogP contribution >= 0.6 is 11.6 Å². The van der Waals surface area contributed by atoms with Gasteiger partial charge in [-0.3, -0.25) is 5.10 Å². The molecule has 1 aromatic carbocycles. The summed E-state index contributed by atoms with van der Waals surface area (Å²) in [6.07, 6.45) is 0. The predicted octanol–water partition coefficient (Wildman–Crippen LogP) is 2.53. The number of nitrogens with zero attached hydrogens (tertiary/aromatic N) is 1. The molecule has 1 heterocycles. The van der Waals surface area contributed by atoms with Gasteiger partial charge in [-0.2, -0.15) is 5.10 Å². The SMILES string of the molecule is COc1cc(C)c2n[nH]c(Cl)c2c1. The Hall–Kier alpha value is -1.22. The van der Waals surface area contributed by atoms with Crippen LogP contribution in [0.15, 0.2) is 12.1 Å². The number of rotatable bonds is 1. The van der Waals surface area contributed by atoms with E-state index in [9.17, 15) is 0 Å². The van der Waals surface area contributed by atoms with Gasteiger partial charge >= 0.3 is 0 Å². The molecule has 2 aromatic rings. The van der Waals surface area contributed by atoms with Crippen LogP contribution in [0.2, 0.25) is 5.15 Å². The number of ether oxygens (including phenoxy) is 1. The third-order valence-electron chi connectivity index (χ3n) is 2.01. The Bertz CT molecular complexity index is 450. The standard InChI is InChI=1S/C9H9ClN2O/c1-5-3-6(13-2)4-7-8(5)11-12-9(7)10/h3-4H,1-2H3,(H,11,12). The van der Waals surface area contributed by atoms with Crippen LogP contribution in [0.1, 0.15) is 5.56 Å². The van der Waals surface area contributed by atoms with Gasteiger partial charge < -0.3 is 4.74 Å². The van der Waals surface area contributed by atoms with Crippen molar-refractivity contribution in [3.05, 3.63) is 22.8 Å². The predicted molar refractivity (Wildman–Crippen MR) is 52.4 cm³/mol. The lowest BCUT2D eigenvalue weighted by Gasteiger charge is -2.01. The Morgan fingerprint density at radius 2 is 2.23 bits per heavy atom. The lowest BCUT2D eigenvalue weighted by Crippen LogP contribution is -1.84. The van der Waals surface area contributed by atoms with E-state index in [0.29, 0.717) is 5.15 Å². The minimum absolute atomic E-state index is 0.553. The van der Waals surface area contributed by atoms with Crippen LogP contribution in [0.5, 0.6) is 5.75 Å². The average Bonchev–Trinajstić information content (AvgIpc) is 2.48. The first kappa shape index (κ1) is 8.38. The maximum atomic E-state index is 5.90. The van der Waals surface area contributed by atoms with Crippen molar-refractivity contribution < 1.29 is 4.74 Å². The van der Waals surface area contributed by atoms with Crippen molar-refractivity contribution in [2.45, 2.75) is 6.92 Å². The normalized spacial score (nSPS) is 10.7. The summed E-state index contributed by atoms with van der Waals surface area (Å²) in [4.78, 5) is 0. The Labute approximate surface area is 80.7 Å². The lowest BCUT2D eigenvalue weighted by atomic mass is 10.1. The number of nitrogens with one attached hydrogen (secondary N) is 1. The molecule has 0 amide bonds. The van der Waals surface area contributed by atoms with E-state index in [2.05, 4.69) is 10.2 Å². The monoisotopic (exact) mass is 196 g/mol. The molecule has 0 atom stereocenters. The van der Waals surface area contributed by atoms with E-state index in [-0.39, 0.29) is 0 Å². The zero-order valence-corrected chi connectivity index (χ0v) is 8.14. The fraction of sp³-hybridized carbons (Fsp3) is 0.222. The third kappa shape index (κ3) is 1.25. The van der Waals surface area contributed by atoms with Gasteiger partial charge in [-0.25, -0.2) is 0 Å². The number of halogens is 1. The summed E-state index contributed by atoms with van der Waals surface area (Å²) in [5.74, 6) is 0.799. The van der Waals surface area contributed by atoms with Gasteiger partial charge in [0.2, 0.25) is 0 Å². The number of aryl methyl sites for hydroxylation is 1. The summed E-state index contributed by atoms with van der Waals surface area (Å²) in [5.41, 5.74) is 1.95. The van der Waals surface area contributed by atoms with Gasteiger partial charge in [-0.15, -0.1) is 0 Å². The molecule has 0 fully saturated rings. The number of hydrogen-bond acceptors (Lipinski definition) is 2. The number of H-pyrrole nitrogens is 1. The Kier molecular flexibility index (Phi) is 1.88. The molecule has 2 rings (SSSR count). The van der Waals surface area contributed by atoms with Gasteiger partial charge in [0.05, 0.1) is 12.6 Å². The summed E-state index contributed by atoms with van der Waals surface area (Å²) in [7, 11) is 1.63. The molecule has 0 unspecified atom stereocenters. The largest absolute Gasteiger partial charge is 0.497 e. The second-order valence-corrected chi connectivity index (χ2v) is 3.26. The highest BCUT2D eigenvalue weighted by Gasteiger charge is 2.07. The zero-order chi connectivity index (χ0) is 9.42. The highest BCUT2D eigenvalue weighted by molar-refractivity contribution is 6.34. The smallest absolute Gasteiger partial charge is 0.132 e. The number of benzene rings is 1. The van der Waals surface area contributed by atoms with Crippen molar-refractivity contribution in [2.24, 2.45) is 0 Å². The fourth-order valence-electron chi connectivity index (χ4n) is 1.35. The van der Waals surface area contributed by atoms with Crippen molar-refractivity contribution >= 4 is 22.5 Å². The second-order valence-electron chi connectivity index (χ2n) is 2.88. The number of fused-ring (bicyclic) bond motifs is 1. The molecule has 1 aromatic heterocycles. The van der Waals surface area contributed by atoms with E-state index in [0.717, 1.165) is 22.2 Å². The molecule has 0 saturated carbocycles. The molecular formula is C9H9ClN2O. The van der Waals surface area contributed by atoms with E-state index in [1.165, 1.54) is 0 Å². The van der Waals surface area contributed by atoms with E-state index in [1.807, 2.05) is 19.1 Å². The van der Waals surface area contributed by atoms with Crippen LogP contribution in [0, 0.1) is 6.92 Å². The molecule has 0 aliphatic rings. The first-order chi connectivity index (χ1) is 6.22. The highest BCUT2D eigenvalue weighted by Crippen LogP contribution is 2.27. The van der Waals surface area contributed by atoms with Gasteiger partial charge in [0.15, 0.2) is 0 Å². The Balaban J connectivity index is 2.80. The quantitative estimate of drug-likeness (QED) is 0.761. The Morgan fingerprint density at radius 1 is 1.46 bits per heavy atom. The number of aromatic nitrogens is 2. The van der Waals surface area contributed by atoms with Crippen LogP contribution in [-0.2, 0) is 0 Å². The zero-order valence-electron chi connectivity index (χ0n) is 7.39. The summed E-state index contributed by atoms with van der Waals surface area (Å²) in [6.45, 7) is 1.97. The van der Waals surface area contributed by atoms with Gasteiger partial charge in [0.25, 0.3) is 0 Å². The van der Waals surface area contributed by atoms with Gasteiger partial charge in [-0.05, 0) is 24.6 Å². The minimum Gasteiger partial charge on any atom is -0.497 e. The van der Waals surface area contributed by atoms with Crippen LogP contribution in [0.4, 0.5) is 0 Å². The van der Waals surface area contributed by atoms with E-state index < -0.39 is 0 Å². The average molecular weight is 197 g/mol. The summed E-state index contributed by atoms with van der Waals surface area (Å²) >= 11 is 5.90. The van der Waals surface area contributed by atoms with Crippen molar-refractivity contribution in [3.63, 3.8) is 0 Å². The second kappa shape index (κ2) is 2.92. The first-order valence-corrected chi connectivity index (χ1v) is 4.28. The first-order valence-electron chi connectivity index (χ1n) is 3.90. The molecule has 4 heteroatoms. The molecule has 13 heavy (non-hydrogen) atoms. The lowest BCUT2D eigenvalue weighted by molar-refractivity contribution is 0.415. The molecule has 0 saturated heterocycles. The maximum absolute atomic E-state index is 5.90. The fourth-order valence-corrected chi connectivity index (χ4v) is 1.53. The highest BCUT2D eigenvalue weighted by atomic mass is 35.5. The molecule has 0 bridgehead atoms. The molecular weight excluding hydrogens is 188 g/mol. The minimum atomic E-state index is 0.553. The topological polar surface area (TPSA) is 37.9 Å². The molecule has 0 spiro atoms. The van der Waals surface area contributed by atoms with Crippen molar-refractivity contribution in [1.82, 2.24) is 10.2 Å². The van der Waals surface area contributed by atoms with Crippen LogP contribution in [0.3, 0.4) is 0 Å². The number of hydrogen-bond donors (Lipinski definition) is 1. The third-order valence-corrected chi connectivity index (χ3v) is 2.30. The molecule has 0 aliphatic carbocycles. The molecule has 3 nitrogen and oxygen atoms in total. The van der Waals surface area contributed by atoms with Gasteiger partial charge in [0, 0.05) is 5.39 Å². The van der Waals surface area contributed by atoms with Gasteiger partial charge in [0.1, 0.15) is 10.9 Å². The molecule has 68 valence electrons. The summed E-state index contributed by atoms with van der Waals surface area (Å²) < 4.78 is 5.13. The van der Waals surface area contributed by atoms with Crippen LogP contribution < -0.4 is 4.74 Å². The summed E-state index contributed by atoms with van der Waals surface area (Å²) in [5, 5.41) is 8.26. The van der Waals surface area contributed by atoms with Gasteiger partial charge in [-0.1, -0.05) is 11.6 Å². The molecule has 1 N–H and O–H groups in total. The molecule has 0 radical (unpaired) electrons. The Morgan fingerprint density at radius 3 is 2.92 bits per heavy atom. The van der Waals surface area contributed by atoms with Crippen molar-refractivity contribution in [2.75, 3.05) is 7.11 Å². The van der Waals surface area contributed by atoms with Crippen LogP contribution in [-0.4, -0.2) is 17.3 Å². The number of methoxy groups -OCH3 is 1. The van der Waals surface area contributed by atoms with E-state index in [1.54, 1.807) is 7.11 Å². The van der Waals surface area contributed by atoms with E-state index in [4.69, 9.17) is 16.3 Å². The summed E-state index contributed by atoms with van der Waals surface area (Å²) in [6, 6.07) is 3.80. The van der Waals surface area contributed by atoms with Crippen molar-refractivity contribution in [1.29, 1.82) is 0 Å².